The number of nitrogens with one attached hydrogen (secondary N) is 2. The molecule has 1 aromatic heterocycles. The smallest absolute Gasteiger partial charge is 0.291 e. The molecule has 100 valence electrons. The van der Waals surface area contributed by atoms with Crippen molar-refractivity contribution in [2.75, 3.05) is 13.2 Å². The zero-order valence-corrected chi connectivity index (χ0v) is 11.1. The number of carbonyl (C=O) groups excluding carboxylic acids is 1. The fourth-order valence-electron chi connectivity index (χ4n) is 1.79. The Hall–Kier alpha value is -1.43. The van der Waals surface area contributed by atoms with E-state index >= 15 is 0 Å². The molecule has 18 heavy (non-hydrogen) atoms. The van der Waals surface area contributed by atoms with Crippen molar-refractivity contribution in [3.8, 4) is 0 Å². The van der Waals surface area contributed by atoms with E-state index in [1.54, 1.807) is 0 Å². The molecular weight excluding hydrogens is 232 g/mol. The van der Waals surface area contributed by atoms with Gasteiger partial charge in [0.1, 0.15) is 5.82 Å². The van der Waals surface area contributed by atoms with Crippen molar-refractivity contribution >= 4 is 5.91 Å². The van der Waals surface area contributed by atoms with E-state index in [1.165, 1.54) is 0 Å². The first-order chi connectivity index (χ1) is 8.47. The summed E-state index contributed by atoms with van der Waals surface area (Å²) in [6.07, 6.45) is 1.70. The number of rotatable bonds is 2. The Morgan fingerprint density at radius 2 is 2.06 bits per heavy atom. The topological polar surface area (TPSA) is 79.9 Å². The molecule has 0 radical (unpaired) electrons. The molecule has 0 aromatic carbocycles. The lowest BCUT2D eigenvalue weighted by Gasteiger charge is -2.22. The average Bonchev–Trinajstić information content (AvgIpc) is 2.79. The summed E-state index contributed by atoms with van der Waals surface area (Å²) in [4.78, 5) is 16.2. The number of hydrogen-bond acceptors (Lipinski definition) is 4. The summed E-state index contributed by atoms with van der Waals surface area (Å²) in [5.74, 6) is 0.722. The second kappa shape index (κ2) is 5.06. The van der Waals surface area contributed by atoms with Gasteiger partial charge in [-0.1, -0.05) is 20.8 Å². The fourth-order valence-corrected chi connectivity index (χ4v) is 1.79. The van der Waals surface area contributed by atoms with Crippen LogP contribution in [0.1, 0.15) is 50.1 Å². The lowest BCUT2D eigenvalue weighted by molar-refractivity contribution is 0.0691. The van der Waals surface area contributed by atoms with Crippen molar-refractivity contribution in [3.63, 3.8) is 0 Å². The minimum Gasteiger partial charge on any atom is -0.381 e. The second-order valence-corrected chi connectivity index (χ2v) is 5.62. The van der Waals surface area contributed by atoms with Crippen LogP contribution in [-0.4, -0.2) is 40.3 Å². The minimum absolute atomic E-state index is 0.135. The molecule has 0 spiro atoms. The van der Waals surface area contributed by atoms with Crippen LogP contribution < -0.4 is 5.32 Å². The molecule has 2 heterocycles. The van der Waals surface area contributed by atoms with Crippen molar-refractivity contribution in [1.82, 2.24) is 20.5 Å². The van der Waals surface area contributed by atoms with E-state index in [2.05, 4.69) is 20.5 Å². The van der Waals surface area contributed by atoms with Crippen molar-refractivity contribution in [1.29, 1.82) is 0 Å². The number of H-pyrrole nitrogens is 1. The van der Waals surface area contributed by atoms with E-state index in [-0.39, 0.29) is 23.2 Å². The van der Waals surface area contributed by atoms with Crippen LogP contribution in [0.2, 0.25) is 0 Å². The van der Waals surface area contributed by atoms with E-state index in [9.17, 15) is 4.79 Å². The fraction of sp³-hybridized carbons (Fsp3) is 0.750. The Morgan fingerprint density at radius 1 is 1.39 bits per heavy atom. The maximum absolute atomic E-state index is 12.0. The standard InChI is InChI=1S/C12H20N4O2/c1-12(2,3)11-14-9(15-16-11)10(17)13-8-4-6-18-7-5-8/h8H,4-7H2,1-3H3,(H,13,17)(H,14,15,16). The SMILES string of the molecule is CC(C)(C)c1nc(C(=O)NC2CCOCC2)n[nH]1. The van der Waals surface area contributed by atoms with Crippen LogP contribution in [0.3, 0.4) is 0 Å². The lowest BCUT2D eigenvalue weighted by atomic mass is 9.96. The van der Waals surface area contributed by atoms with Crippen LogP contribution in [0, 0.1) is 0 Å². The van der Waals surface area contributed by atoms with Crippen LogP contribution in [0.25, 0.3) is 0 Å². The maximum Gasteiger partial charge on any atom is 0.291 e. The van der Waals surface area contributed by atoms with Crippen molar-refractivity contribution in [2.24, 2.45) is 0 Å². The first-order valence-electron chi connectivity index (χ1n) is 6.28. The third-order valence-corrected chi connectivity index (χ3v) is 2.96. The van der Waals surface area contributed by atoms with Gasteiger partial charge in [0, 0.05) is 24.7 Å². The Labute approximate surface area is 107 Å². The van der Waals surface area contributed by atoms with E-state index in [4.69, 9.17) is 4.74 Å². The number of aromatic amines is 1. The molecular formula is C12H20N4O2. The zero-order valence-electron chi connectivity index (χ0n) is 11.1. The molecule has 6 heteroatoms. The molecule has 0 bridgehead atoms. The van der Waals surface area contributed by atoms with Gasteiger partial charge in [0.15, 0.2) is 0 Å². The first-order valence-corrected chi connectivity index (χ1v) is 6.28. The molecule has 0 unspecified atom stereocenters. The van der Waals surface area contributed by atoms with Gasteiger partial charge in [0.05, 0.1) is 0 Å². The van der Waals surface area contributed by atoms with Gasteiger partial charge in [-0.3, -0.25) is 9.89 Å². The number of nitrogens with zero attached hydrogens (tertiary/aromatic N) is 2. The van der Waals surface area contributed by atoms with Gasteiger partial charge in [-0.2, -0.15) is 0 Å². The van der Waals surface area contributed by atoms with Gasteiger partial charge < -0.3 is 10.1 Å². The molecule has 1 fully saturated rings. The van der Waals surface area contributed by atoms with Crippen LogP contribution in [-0.2, 0) is 10.2 Å². The number of ether oxygens (including phenoxy) is 1. The van der Waals surface area contributed by atoms with E-state index < -0.39 is 0 Å². The highest BCUT2D eigenvalue weighted by atomic mass is 16.5. The Kier molecular flexibility index (Phi) is 3.65. The van der Waals surface area contributed by atoms with Crippen LogP contribution in [0.15, 0.2) is 0 Å². The minimum atomic E-state index is -0.214. The number of hydrogen-bond donors (Lipinski definition) is 2. The van der Waals surface area contributed by atoms with Gasteiger partial charge in [0.2, 0.25) is 5.82 Å². The molecule has 6 nitrogen and oxygen atoms in total. The summed E-state index contributed by atoms with van der Waals surface area (Å²) in [6.45, 7) is 7.47. The number of aromatic nitrogens is 3. The van der Waals surface area contributed by atoms with Crippen molar-refractivity contribution in [3.05, 3.63) is 11.6 Å². The quantitative estimate of drug-likeness (QED) is 0.823. The highest BCUT2D eigenvalue weighted by molar-refractivity contribution is 5.90. The Morgan fingerprint density at radius 3 is 2.61 bits per heavy atom. The predicted molar refractivity (Wildman–Crippen MR) is 66.4 cm³/mol. The first kappa shape index (κ1) is 13.0. The lowest BCUT2D eigenvalue weighted by Crippen LogP contribution is -2.39. The normalized spacial score (nSPS) is 17.7. The average molecular weight is 252 g/mol. The largest absolute Gasteiger partial charge is 0.381 e. The van der Waals surface area contributed by atoms with Crippen LogP contribution >= 0.6 is 0 Å². The molecule has 1 saturated heterocycles. The number of amides is 1. The predicted octanol–water partition coefficient (Wildman–Crippen LogP) is 1.01. The molecule has 0 aliphatic carbocycles. The van der Waals surface area contributed by atoms with Gasteiger partial charge in [-0.15, -0.1) is 5.10 Å². The number of carbonyl (C=O) groups is 1. The molecule has 0 saturated carbocycles. The summed E-state index contributed by atoms with van der Waals surface area (Å²) in [5, 5.41) is 9.72. The molecule has 2 rings (SSSR count). The molecule has 1 aliphatic rings. The third kappa shape index (κ3) is 3.07. The van der Waals surface area contributed by atoms with Gasteiger partial charge in [-0.25, -0.2) is 4.98 Å². The Bertz CT molecular complexity index is 416. The third-order valence-electron chi connectivity index (χ3n) is 2.96. The molecule has 1 aliphatic heterocycles. The van der Waals surface area contributed by atoms with Gasteiger partial charge in [0.25, 0.3) is 5.91 Å². The Balaban J connectivity index is 1.98. The summed E-state index contributed by atoms with van der Waals surface area (Å²) in [7, 11) is 0. The monoisotopic (exact) mass is 252 g/mol. The summed E-state index contributed by atoms with van der Waals surface area (Å²) >= 11 is 0. The van der Waals surface area contributed by atoms with Crippen LogP contribution in [0.4, 0.5) is 0 Å². The molecule has 1 amide bonds. The zero-order chi connectivity index (χ0) is 13.2. The van der Waals surface area contributed by atoms with E-state index in [0.29, 0.717) is 13.2 Å². The van der Waals surface area contributed by atoms with Crippen molar-refractivity contribution < 1.29 is 9.53 Å². The highest BCUT2D eigenvalue weighted by Crippen LogP contribution is 2.17. The van der Waals surface area contributed by atoms with E-state index in [1.807, 2.05) is 20.8 Å². The van der Waals surface area contributed by atoms with Gasteiger partial charge >= 0.3 is 0 Å². The molecule has 0 atom stereocenters. The highest BCUT2D eigenvalue weighted by Gasteiger charge is 2.23. The van der Waals surface area contributed by atoms with E-state index in [0.717, 1.165) is 18.7 Å². The van der Waals surface area contributed by atoms with Crippen molar-refractivity contribution in [2.45, 2.75) is 45.1 Å². The van der Waals surface area contributed by atoms with Crippen LogP contribution in [0.5, 0.6) is 0 Å². The van der Waals surface area contributed by atoms with Gasteiger partial charge in [-0.05, 0) is 12.8 Å². The summed E-state index contributed by atoms with van der Waals surface area (Å²) in [5.41, 5.74) is -0.135. The molecule has 2 N–H and O–H groups in total. The maximum atomic E-state index is 12.0. The second-order valence-electron chi connectivity index (χ2n) is 5.62. The summed E-state index contributed by atoms with van der Waals surface area (Å²) < 4.78 is 5.25. The summed E-state index contributed by atoms with van der Waals surface area (Å²) in [6, 6.07) is 0.169. The molecule has 1 aromatic rings.